The predicted octanol–water partition coefficient (Wildman–Crippen LogP) is 0.520. The second-order valence-electron chi connectivity index (χ2n) is 4.27. The highest BCUT2D eigenvalue weighted by molar-refractivity contribution is 5.78. The molecule has 1 aromatic heterocycles. The Morgan fingerprint density at radius 1 is 1.47 bits per heavy atom. The molecule has 0 aliphatic carbocycles. The second kappa shape index (κ2) is 5.31. The maximum Gasteiger partial charge on any atom is 0.228 e. The van der Waals surface area contributed by atoms with Crippen LogP contribution in [0, 0.1) is 6.92 Å². The van der Waals surface area contributed by atoms with E-state index in [0.717, 1.165) is 44.1 Å². The first-order valence-electron chi connectivity index (χ1n) is 6.14. The fourth-order valence-corrected chi connectivity index (χ4v) is 1.97. The SMILES string of the molecule is CCc1nc(CC(=O)N2CCNCC2)c(C)o1. The molecule has 1 aliphatic rings. The monoisotopic (exact) mass is 237 g/mol. The van der Waals surface area contributed by atoms with Gasteiger partial charge in [-0.05, 0) is 6.92 Å². The van der Waals surface area contributed by atoms with Gasteiger partial charge in [-0.3, -0.25) is 4.79 Å². The molecule has 1 aliphatic heterocycles. The Balaban J connectivity index is 1.99. The van der Waals surface area contributed by atoms with Crippen molar-refractivity contribution in [2.45, 2.75) is 26.7 Å². The minimum Gasteiger partial charge on any atom is -0.446 e. The minimum absolute atomic E-state index is 0.144. The fourth-order valence-electron chi connectivity index (χ4n) is 1.97. The van der Waals surface area contributed by atoms with Gasteiger partial charge in [0.2, 0.25) is 5.91 Å². The smallest absolute Gasteiger partial charge is 0.228 e. The first kappa shape index (κ1) is 12.1. The molecule has 2 rings (SSSR count). The maximum atomic E-state index is 12.0. The molecule has 1 amide bonds. The van der Waals surface area contributed by atoms with Crippen LogP contribution in [0.15, 0.2) is 4.42 Å². The molecule has 1 N–H and O–H groups in total. The van der Waals surface area contributed by atoms with Crippen LogP contribution in [-0.2, 0) is 17.6 Å². The number of amides is 1. The Bertz CT molecular complexity index is 394. The van der Waals surface area contributed by atoms with Crippen LogP contribution in [0.4, 0.5) is 0 Å². The van der Waals surface area contributed by atoms with Crippen molar-refractivity contribution in [3.05, 3.63) is 17.3 Å². The lowest BCUT2D eigenvalue weighted by Crippen LogP contribution is -2.47. The molecule has 0 atom stereocenters. The number of carbonyl (C=O) groups excluding carboxylic acids is 1. The Morgan fingerprint density at radius 3 is 2.76 bits per heavy atom. The van der Waals surface area contributed by atoms with Gasteiger partial charge in [0.15, 0.2) is 5.89 Å². The number of hydrogen-bond donors (Lipinski definition) is 1. The molecule has 0 unspecified atom stereocenters. The van der Waals surface area contributed by atoms with Crippen molar-refractivity contribution in [2.75, 3.05) is 26.2 Å². The lowest BCUT2D eigenvalue weighted by molar-refractivity contribution is -0.131. The molecular formula is C12H19N3O2. The Labute approximate surface area is 101 Å². The van der Waals surface area contributed by atoms with Crippen LogP contribution in [0.5, 0.6) is 0 Å². The van der Waals surface area contributed by atoms with E-state index in [9.17, 15) is 4.79 Å². The molecule has 0 aromatic carbocycles. The summed E-state index contributed by atoms with van der Waals surface area (Å²) in [4.78, 5) is 18.3. The summed E-state index contributed by atoms with van der Waals surface area (Å²) in [7, 11) is 0. The number of rotatable bonds is 3. The highest BCUT2D eigenvalue weighted by Crippen LogP contribution is 2.12. The van der Waals surface area contributed by atoms with Crippen molar-refractivity contribution >= 4 is 5.91 Å². The number of aryl methyl sites for hydroxylation is 2. The van der Waals surface area contributed by atoms with E-state index in [4.69, 9.17) is 4.42 Å². The normalized spacial score (nSPS) is 16.2. The van der Waals surface area contributed by atoms with Gasteiger partial charge in [0.25, 0.3) is 0 Å². The summed E-state index contributed by atoms with van der Waals surface area (Å²) in [5.74, 6) is 1.63. The summed E-state index contributed by atoms with van der Waals surface area (Å²) in [6.07, 6.45) is 1.12. The molecule has 1 saturated heterocycles. The zero-order valence-electron chi connectivity index (χ0n) is 10.5. The number of carbonyl (C=O) groups is 1. The molecule has 17 heavy (non-hydrogen) atoms. The van der Waals surface area contributed by atoms with Crippen molar-refractivity contribution in [1.29, 1.82) is 0 Å². The topological polar surface area (TPSA) is 58.4 Å². The quantitative estimate of drug-likeness (QED) is 0.832. The van der Waals surface area contributed by atoms with Gasteiger partial charge >= 0.3 is 0 Å². The predicted molar refractivity (Wildman–Crippen MR) is 63.8 cm³/mol. The van der Waals surface area contributed by atoms with Gasteiger partial charge in [0, 0.05) is 32.6 Å². The van der Waals surface area contributed by atoms with E-state index in [-0.39, 0.29) is 5.91 Å². The van der Waals surface area contributed by atoms with Gasteiger partial charge in [-0.2, -0.15) is 0 Å². The molecule has 1 fully saturated rings. The van der Waals surface area contributed by atoms with E-state index < -0.39 is 0 Å². The molecule has 1 aromatic rings. The van der Waals surface area contributed by atoms with Crippen molar-refractivity contribution < 1.29 is 9.21 Å². The first-order valence-corrected chi connectivity index (χ1v) is 6.14. The summed E-state index contributed by atoms with van der Waals surface area (Å²) < 4.78 is 5.46. The zero-order chi connectivity index (χ0) is 12.3. The van der Waals surface area contributed by atoms with Crippen molar-refractivity contribution in [2.24, 2.45) is 0 Å². The third-order valence-corrected chi connectivity index (χ3v) is 3.03. The molecule has 2 heterocycles. The Kier molecular flexibility index (Phi) is 3.78. The molecule has 0 spiro atoms. The minimum atomic E-state index is 0.144. The Morgan fingerprint density at radius 2 is 2.18 bits per heavy atom. The van der Waals surface area contributed by atoms with Gasteiger partial charge in [-0.15, -0.1) is 0 Å². The number of hydrogen-bond acceptors (Lipinski definition) is 4. The van der Waals surface area contributed by atoms with Crippen LogP contribution in [0.2, 0.25) is 0 Å². The lowest BCUT2D eigenvalue weighted by Gasteiger charge is -2.27. The highest BCUT2D eigenvalue weighted by atomic mass is 16.4. The Hall–Kier alpha value is -1.36. The van der Waals surface area contributed by atoms with Gasteiger partial charge in [-0.1, -0.05) is 6.92 Å². The summed E-state index contributed by atoms with van der Waals surface area (Å²) >= 11 is 0. The summed E-state index contributed by atoms with van der Waals surface area (Å²) in [6, 6.07) is 0. The largest absolute Gasteiger partial charge is 0.446 e. The van der Waals surface area contributed by atoms with Gasteiger partial charge < -0.3 is 14.6 Å². The number of nitrogens with zero attached hydrogens (tertiary/aromatic N) is 2. The summed E-state index contributed by atoms with van der Waals surface area (Å²) in [6.45, 7) is 7.19. The molecule has 94 valence electrons. The average Bonchev–Trinajstić information content (AvgIpc) is 2.71. The number of aromatic nitrogens is 1. The third kappa shape index (κ3) is 2.85. The van der Waals surface area contributed by atoms with E-state index in [2.05, 4.69) is 10.3 Å². The number of nitrogens with one attached hydrogen (secondary N) is 1. The molecule has 0 saturated carbocycles. The van der Waals surface area contributed by atoms with Crippen molar-refractivity contribution in [3.8, 4) is 0 Å². The number of oxazole rings is 1. The third-order valence-electron chi connectivity index (χ3n) is 3.03. The van der Waals surface area contributed by atoms with E-state index in [1.54, 1.807) is 0 Å². The van der Waals surface area contributed by atoms with Crippen LogP contribution in [0.1, 0.15) is 24.3 Å². The lowest BCUT2D eigenvalue weighted by atomic mass is 10.2. The maximum absolute atomic E-state index is 12.0. The first-order chi connectivity index (χ1) is 8.20. The summed E-state index contributed by atoms with van der Waals surface area (Å²) in [5.41, 5.74) is 0.783. The van der Waals surface area contributed by atoms with E-state index in [0.29, 0.717) is 12.3 Å². The van der Waals surface area contributed by atoms with Crippen LogP contribution >= 0.6 is 0 Å². The van der Waals surface area contributed by atoms with E-state index >= 15 is 0 Å². The van der Waals surface area contributed by atoms with Crippen LogP contribution in [0.25, 0.3) is 0 Å². The molecule has 0 bridgehead atoms. The zero-order valence-corrected chi connectivity index (χ0v) is 10.5. The van der Waals surface area contributed by atoms with Gasteiger partial charge in [0.05, 0.1) is 12.1 Å². The molecule has 5 heteroatoms. The van der Waals surface area contributed by atoms with Crippen LogP contribution in [0.3, 0.4) is 0 Å². The van der Waals surface area contributed by atoms with Crippen molar-refractivity contribution in [3.63, 3.8) is 0 Å². The molecule has 0 radical (unpaired) electrons. The molecule has 5 nitrogen and oxygen atoms in total. The molecular weight excluding hydrogens is 218 g/mol. The fraction of sp³-hybridized carbons (Fsp3) is 0.667. The van der Waals surface area contributed by atoms with Crippen LogP contribution in [-0.4, -0.2) is 42.0 Å². The summed E-state index contributed by atoms with van der Waals surface area (Å²) in [5, 5.41) is 3.23. The average molecular weight is 237 g/mol. The number of piperazine rings is 1. The van der Waals surface area contributed by atoms with Crippen molar-refractivity contribution in [1.82, 2.24) is 15.2 Å². The van der Waals surface area contributed by atoms with E-state index in [1.807, 2.05) is 18.7 Å². The standard InChI is InChI=1S/C12H19N3O2/c1-3-11-14-10(9(2)17-11)8-12(16)15-6-4-13-5-7-15/h13H,3-8H2,1-2H3. The van der Waals surface area contributed by atoms with Gasteiger partial charge in [-0.25, -0.2) is 4.98 Å². The van der Waals surface area contributed by atoms with E-state index in [1.165, 1.54) is 0 Å². The van der Waals surface area contributed by atoms with Crippen LogP contribution < -0.4 is 5.32 Å². The highest BCUT2D eigenvalue weighted by Gasteiger charge is 2.19. The van der Waals surface area contributed by atoms with Gasteiger partial charge in [0.1, 0.15) is 5.76 Å². The second-order valence-corrected chi connectivity index (χ2v) is 4.27.